The number of hydrogen-bond donors (Lipinski definition) is 2. The van der Waals surface area contributed by atoms with Crippen molar-refractivity contribution >= 4 is 35.8 Å². The molecular formula is C17H25IN6. The molecule has 0 fully saturated rings. The molecule has 7 heteroatoms. The van der Waals surface area contributed by atoms with E-state index in [1.54, 1.807) is 7.05 Å². The summed E-state index contributed by atoms with van der Waals surface area (Å²) in [5.74, 6) is 1.71. The first-order valence-corrected chi connectivity index (χ1v) is 7.66. The molecule has 24 heavy (non-hydrogen) atoms. The van der Waals surface area contributed by atoms with Crippen LogP contribution in [0, 0.1) is 0 Å². The third-order valence-electron chi connectivity index (χ3n) is 3.31. The highest BCUT2D eigenvalue weighted by Crippen LogP contribution is 2.07. The fraction of sp³-hybridized carbons (Fsp3) is 0.353. The molecule has 130 valence electrons. The van der Waals surface area contributed by atoms with Gasteiger partial charge in [-0.3, -0.25) is 9.98 Å². The molecule has 0 spiro atoms. The minimum atomic E-state index is 0. The molecule has 0 saturated carbocycles. The van der Waals surface area contributed by atoms with Crippen LogP contribution in [-0.4, -0.2) is 43.6 Å². The van der Waals surface area contributed by atoms with E-state index in [1.165, 1.54) is 0 Å². The van der Waals surface area contributed by atoms with Crippen molar-refractivity contribution in [3.05, 3.63) is 54.0 Å². The van der Waals surface area contributed by atoms with Crippen molar-refractivity contribution < 1.29 is 0 Å². The van der Waals surface area contributed by atoms with Gasteiger partial charge in [0, 0.05) is 46.0 Å². The van der Waals surface area contributed by atoms with Crippen molar-refractivity contribution in [3.63, 3.8) is 0 Å². The van der Waals surface area contributed by atoms with Crippen LogP contribution in [0.4, 0.5) is 5.82 Å². The van der Waals surface area contributed by atoms with E-state index in [0.717, 1.165) is 36.1 Å². The van der Waals surface area contributed by atoms with Crippen molar-refractivity contribution in [2.24, 2.45) is 4.99 Å². The number of guanidine groups is 1. The van der Waals surface area contributed by atoms with E-state index in [9.17, 15) is 0 Å². The summed E-state index contributed by atoms with van der Waals surface area (Å²) in [6, 6.07) is 11.9. The average Bonchev–Trinajstić information content (AvgIpc) is 2.59. The van der Waals surface area contributed by atoms with Crippen LogP contribution in [0.5, 0.6) is 0 Å². The fourth-order valence-corrected chi connectivity index (χ4v) is 2.06. The minimum Gasteiger partial charge on any atom is -0.363 e. The molecule has 0 radical (unpaired) electrons. The number of rotatable bonds is 6. The Morgan fingerprint density at radius 3 is 2.54 bits per heavy atom. The molecule has 0 aliphatic carbocycles. The van der Waals surface area contributed by atoms with E-state index < -0.39 is 0 Å². The average molecular weight is 440 g/mol. The van der Waals surface area contributed by atoms with Gasteiger partial charge in [0.1, 0.15) is 5.82 Å². The molecule has 0 aliphatic rings. The van der Waals surface area contributed by atoms with Gasteiger partial charge in [-0.25, -0.2) is 4.98 Å². The van der Waals surface area contributed by atoms with Gasteiger partial charge < -0.3 is 15.5 Å². The van der Waals surface area contributed by atoms with Crippen LogP contribution in [0.25, 0.3) is 0 Å². The van der Waals surface area contributed by atoms with Crippen LogP contribution in [0.1, 0.15) is 11.4 Å². The van der Waals surface area contributed by atoms with Crippen LogP contribution < -0.4 is 15.5 Å². The lowest BCUT2D eigenvalue weighted by atomic mass is 10.3. The van der Waals surface area contributed by atoms with Crippen molar-refractivity contribution in [1.82, 2.24) is 20.6 Å². The van der Waals surface area contributed by atoms with E-state index in [-0.39, 0.29) is 24.0 Å². The van der Waals surface area contributed by atoms with Crippen molar-refractivity contribution in [1.29, 1.82) is 0 Å². The molecule has 0 aromatic carbocycles. The standard InChI is InChI=1S/C17H24N6.HI/c1-18-17(20-12-10-14-7-4-5-11-19-14)21-13-15-8-6-9-16(22-15)23(2)3;/h4-9,11H,10,12-13H2,1-3H3,(H2,18,20,21);1H. The molecule has 2 heterocycles. The number of aromatic nitrogens is 2. The number of hydrogen-bond acceptors (Lipinski definition) is 4. The first-order chi connectivity index (χ1) is 11.2. The van der Waals surface area contributed by atoms with Gasteiger partial charge in [0.25, 0.3) is 0 Å². The van der Waals surface area contributed by atoms with Gasteiger partial charge in [0.15, 0.2) is 5.96 Å². The maximum absolute atomic E-state index is 4.58. The normalized spacial score (nSPS) is 10.7. The Labute approximate surface area is 160 Å². The highest BCUT2D eigenvalue weighted by atomic mass is 127. The minimum absolute atomic E-state index is 0. The van der Waals surface area contributed by atoms with E-state index in [0.29, 0.717) is 6.54 Å². The van der Waals surface area contributed by atoms with Crippen molar-refractivity contribution in [2.45, 2.75) is 13.0 Å². The highest BCUT2D eigenvalue weighted by molar-refractivity contribution is 14.0. The summed E-state index contributed by atoms with van der Waals surface area (Å²) in [7, 11) is 5.73. The number of nitrogens with zero attached hydrogens (tertiary/aromatic N) is 4. The second kappa shape index (κ2) is 10.8. The molecule has 6 nitrogen and oxygen atoms in total. The predicted octanol–water partition coefficient (Wildman–Crippen LogP) is 2.07. The Balaban J connectivity index is 0.00000288. The van der Waals surface area contributed by atoms with Gasteiger partial charge >= 0.3 is 0 Å². The lowest BCUT2D eigenvalue weighted by Gasteiger charge is -2.14. The van der Waals surface area contributed by atoms with Crippen LogP contribution in [0.2, 0.25) is 0 Å². The summed E-state index contributed by atoms with van der Waals surface area (Å²) in [6.07, 6.45) is 2.67. The molecule has 0 bridgehead atoms. The smallest absolute Gasteiger partial charge is 0.191 e. The highest BCUT2D eigenvalue weighted by Gasteiger charge is 2.02. The van der Waals surface area contributed by atoms with Gasteiger partial charge in [-0.15, -0.1) is 24.0 Å². The molecule has 2 aromatic rings. The molecule has 0 aliphatic heterocycles. The van der Waals surface area contributed by atoms with E-state index in [1.807, 2.05) is 61.6 Å². The SMILES string of the molecule is CN=C(NCCc1ccccn1)NCc1cccc(N(C)C)n1.I. The third kappa shape index (κ3) is 6.69. The van der Waals surface area contributed by atoms with Crippen LogP contribution in [0.15, 0.2) is 47.6 Å². The summed E-state index contributed by atoms with van der Waals surface area (Å²) >= 11 is 0. The zero-order chi connectivity index (χ0) is 16.5. The van der Waals surface area contributed by atoms with Crippen LogP contribution >= 0.6 is 24.0 Å². The predicted molar refractivity (Wildman–Crippen MR) is 110 cm³/mol. The Morgan fingerprint density at radius 1 is 1.08 bits per heavy atom. The van der Waals surface area contributed by atoms with Crippen molar-refractivity contribution in [2.75, 3.05) is 32.6 Å². The number of halogens is 1. The van der Waals surface area contributed by atoms with Gasteiger partial charge in [0.2, 0.25) is 0 Å². The molecule has 2 N–H and O–H groups in total. The zero-order valence-electron chi connectivity index (χ0n) is 14.4. The van der Waals surface area contributed by atoms with Gasteiger partial charge in [-0.05, 0) is 24.3 Å². The number of nitrogens with one attached hydrogen (secondary N) is 2. The lowest BCUT2D eigenvalue weighted by Crippen LogP contribution is -2.38. The summed E-state index contributed by atoms with van der Waals surface area (Å²) in [6.45, 7) is 1.41. The maximum atomic E-state index is 4.58. The second-order valence-corrected chi connectivity index (χ2v) is 5.31. The zero-order valence-corrected chi connectivity index (χ0v) is 16.7. The summed E-state index contributed by atoms with van der Waals surface area (Å²) < 4.78 is 0. The number of aliphatic imine (C=N–C) groups is 1. The molecule has 0 amide bonds. The summed E-state index contributed by atoms with van der Waals surface area (Å²) in [5, 5.41) is 6.56. The molecule has 2 aromatic heterocycles. The fourth-order valence-electron chi connectivity index (χ4n) is 2.06. The Morgan fingerprint density at radius 2 is 1.88 bits per heavy atom. The van der Waals surface area contributed by atoms with Crippen molar-refractivity contribution in [3.8, 4) is 0 Å². The van der Waals surface area contributed by atoms with E-state index >= 15 is 0 Å². The number of pyridine rings is 2. The molecule has 0 atom stereocenters. The van der Waals surface area contributed by atoms with Gasteiger partial charge in [-0.1, -0.05) is 12.1 Å². The summed E-state index contributed by atoms with van der Waals surface area (Å²) in [5.41, 5.74) is 2.04. The van der Waals surface area contributed by atoms with Gasteiger partial charge in [0.05, 0.1) is 12.2 Å². The topological polar surface area (TPSA) is 65.4 Å². The molecule has 0 saturated heterocycles. The Kier molecular flexibility index (Phi) is 9.06. The van der Waals surface area contributed by atoms with E-state index in [2.05, 4.69) is 25.6 Å². The maximum Gasteiger partial charge on any atom is 0.191 e. The van der Waals surface area contributed by atoms with Crippen LogP contribution in [0.3, 0.4) is 0 Å². The monoisotopic (exact) mass is 440 g/mol. The van der Waals surface area contributed by atoms with Gasteiger partial charge in [-0.2, -0.15) is 0 Å². The Bertz CT molecular complexity index is 630. The lowest BCUT2D eigenvalue weighted by molar-refractivity contribution is 0.774. The molecular weight excluding hydrogens is 415 g/mol. The first-order valence-electron chi connectivity index (χ1n) is 7.66. The quantitative estimate of drug-likeness (QED) is 0.409. The van der Waals surface area contributed by atoms with Crippen LogP contribution in [-0.2, 0) is 13.0 Å². The largest absolute Gasteiger partial charge is 0.363 e. The molecule has 2 rings (SSSR count). The number of anilines is 1. The first kappa shape index (κ1) is 20.1. The summed E-state index contributed by atoms with van der Waals surface area (Å²) in [4.78, 5) is 15.1. The Hall–Kier alpha value is -1.90. The third-order valence-corrected chi connectivity index (χ3v) is 3.31. The molecule has 0 unspecified atom stereocenters. The van der Waals surface area contributed by atoms with E-state index in [4.69, 9.17) is 0 Å². The second-order valence-electron chi connectivity index (χ2n) is 5.31.